The molecule has 1 aliphatic heterocycles. The molecule has 0 spiro atoms. The fourth-order valence-corrected chi connectivity index (χ4v) is 5.80. The Hall–Kier alpha value is -2.48. The zero-order valence-corrected chi connectivity index (χ0v) is 17.8. The second-order valence-corrected chi connectivity index (χ2v) is 9.08. The lowest BCUT2D eigenvalue weighted by Gasteiger charge is -2.24. The van der Waals surface area contributed by atoms with Crippen LogP contribution in [0.15, 0.2) is 12.3 Å². The molecule has 4 heterocycles. The summed E-state index contributed by atoms with van der Waals surface area (Å²) in [6, 6.07) is 1.79. The van der Waals surface area contributed by atoms with E-state index < -0.39 is 0 Å². The highest BCUT2D eigenvalue weighted by Gasteiger charge is 2.26. The molecule has 0 bridgehead atoms. The van der Waals surface area contributed by atoms with Gasteiger partial charge in [-0.2, -0.15) is 5.10 Å². The average molecular weight is 411 g/mol. The number of anilines is 1. The molecule has 7 nitrogen and oxygen atoms in total. The van der Waals surface area contributed by atoms with Crippen LogP contribution in [0.5, 0.6) is 0 Å². The van der Waals surface area contributed by atoms with Crippen molar-refractivity contribution in [1.29, 1.82) is 0 Å². The van der Waals surface area contributed by atoms with Gasteiger partial charge in [0.05, 0.1) is 5.39 Å². The van der Waals surface area contributed by atoms with Crippen LogP contribution < -0.4 is 4.90 Å². The Kier molecular flexibility index (Phi) is 4.73. The van der Waals surface area contributed by atoms with Crippen LogP contribution in [0.1, 0.15) is 46.0 Å². The van der Waals surface area contributed by atoms with Crippen molar-refractivity contribution in [1.82, 2.24) is 24.6 Å². The van der Waals surface area contributed by atoms with Gasteiger partial charge in [0.2, 0.25) is 0 Å². The van der Waals surface area contributed by atoms with Gasteiger partial charge in [-0.05, 0) is 50.7 Å². The molecule has 1 amide bonds. The van der Waals surface area contributed by atoms with Gasteiger partial charge in [0, 0.05) is 44.3 Å². The van der Waals surface area contributed by atoms with Gasteiger partial charge in [0.1, 0.15) is 22.2 Å². The largest absolute Gasteiger partial charge is 0.354 e. The van der Waals surface area contributed by atoms with Gasteiger partial charge in [0.25, 0.3) is 5.91 Å². The van der Waals surface area contributed by atoms with Crippen LogP contribution in [0.2, 0.25) is 0 Å². The number of carbonyl (C=O) groups is 1. The van der Waals surface area contributed by atoms with E-state index in [1.54, 1.807) is 10.7 Å². The van der Waals surface area contributed by atoms with E-state index in [0.29, 0.717) is 12.2 Å². The predicted octanol–water partition coefficient (Wildman–Crippen LogP) is 2.96. The zero-order chi connectivity index (χ0) is 20.0. The number of nitrogens with zero attached hydrogens (tertiary/aromatic N) is 6. The third-order valence-electron chi connectivity index (χ3n) is 5.92. The monoisotopic (exact) mass is 410 g/mol. The zero-order valence-electron chi connectivity index (χ0n) is 17.0. The fourth-order valence-electron chi connectivity index (χ4n) is 4.49. The van der Waals surface area contributed by atoms with Gasteiger partial charge < -0.3 is 9.80 Å². The highest BCUT2D eigenvalue weighted by atomic mass is 32.1. The summed E-state index contributed by atoms with van der Waals surface area (Å²) in [5, 5.41) is 5.54. The number of hydrogen-bond acceptors (Lipinski definition) is 6. The van der Waals surface area contributed by atoms with Crippen molar-refractivity contribution in [2.24, 2.45) is 7.05 Å². The third-order valence-corrected chi connectivity index (χ3v) is 7.11. The van der Waals surface area contributed by atoms with Gasteiger partial charge in [-0.15, -0.1) is 11.3 Å². The number of amides is 1. The molecular weight excluding hydrogens is 384 g/mol. The molecule has 0 radical (unpaired) electrons. The van der Waals surface area contributed by atoms with E-state index in [2.05, 4.69) is 10.00 Å². The van der Waals surface area contributed by atoms with Gasteiger partial charge in [-0.25, -0.2) is 9.97 Å². The minimum absolute atomic E-state index is 0.0179. The molecule has 29 heavy (non-hydrogen) atoms. The summed E-state index contributed by atoms with van der Waals surface area (Å²) in [4.78, 5) is 29.4. The topological polar surface area (TPSA) is 67.2 Å². The maximum absolute atomic E-state index is 12.8. The molecule has 1 aliphatic carbocycles. The smallest absolute Gasteiger partial charge is 0.274 e. The maximum Gasteiger partial charge on any atom is 0.274 e. The van der Waals surface area contributed by atoms with E-state index in [9.17, 15) is 4.79 Å². The summed E-state index contributed by atoms with van der Waals surface area (Å²) < 4.78 is 1.68. The van der Waals surface area contributed by atoms with Crippen LogP contribution in [0.3, 0.4) is 0 Å². The summed E-state index contributed by atoms with van der Waals surface area (Å²) >= 11 is 1.85. The second-order valence-electron chi connectivity index (χ2n) is 7.99. The van der Waals surface area contributed by atoms with E-state index in [4.69, 9.17) is 9.97 Å². The van der Waals surface area contributed by atoms with Crippen molar-refractivity contribution in [2.45, 2.75) is 39.0 Å². The number of aryl methyl sites for hydroxylation is 4. The number of aromatic nitrogens is 4. The number of rotatable bonds is 2. The molecule has 1 saturated heterocycles. The number of carbonyl (C=O) groups excluding carboxylic acids is 1. The Bertz CT molecular complexity index is 1070. The fraction of sp³-hybridized carbons (Fsp3) is 0.524. The first kappa shape index (κ1) is 18.5. The van der Waals surface area contributed by atoms with E-state index in [1.807, 2.05) is 36.4 Å². The first-order chi connectivity index (χ1) is 14.1. The van der Waals surface area contributed by atoms with Gasteiger partial charge in [-0.1, -0.05) is 0 Å². The highest BCUT2D eigenvalue weighted by molar-refractivity contribution is 7.19. The average Bonchev–Trinajstić information content (AvgIpc) is 3.21. The van der Waals surface area contributed by atoms with Crippen molar-refractivity contribution in [2.75, 3.05) is 31.1 Å². The van der Waals surface area contributed by atoms with E-state index in [0.717, 1.165) is 48.9 Å². The Morgan fingerprint density at radius 3 is 2.76 bits per heavy atom. The molecule has 1 fully saturated rings. The van der Waals surface area contributed by atoms with Crippen LogP contribution in [0.4, 0.5) is 5.82 Å². The molecule has 0 unspecified atom stereocenters. The standard InChI is InChI=1S/C21H26N6OS/c1-14-22-19(18-15-6-3-4-7-17(15)29-20(18)23-14)26-9-5-10-27(13-12-26)21(28)16-8-11-25(2)24-16/h8,11H,3-7,9-10,12-13H2,1-2H3. The third kappa shape index (κ3) is 3.39. The Labute approximate surface area is 174 Å². The highest BCUT2D eigenvalue weighted by Crippen LogP contribution is 2.39. The van der Waals surface area contributed by atoms with E-state index in [1.165, 1.54) is 35.1 Å². The molecule has 3 aromatic heterocycles. The SMILES string of the molecule is Cc1nc(N2CCCN(C(=O)c3ccn(C)n3)CC2)c2c3c(sc2n1)CCCC3. The molecule has 0 saturated carbocycles. The van der Waals surface area contributed by atoms with Crippen molar-refractivity contribution >= 4 is 33.3 Å². The first-order valence-corrected chi connectivity index (χ1v) is 11.2. The quantitative estimate of drug-likeness (QED) is 0.650. The maximum atomic E-state index is 12.8. The summed E-state index contributed by atoms with van der Waals surface area (Å²) in [5.74, 6) is 1.92. The molecule has 5 rings (SSSR count). The normalized spacial score (nSPS) is 17.4. The Balaban J connectivity index is 1.44. The number of thiophene rings is 1. The molecule has 152 valence electrons. The van der Waals surface area contributed by atoms with Gasteiger partial charge >= 0.3 is 0 Å². The molecule has 0 atom stereocenters. The van der Waals surface area contributed by atoms with Crippen LogP contribution >= 0.6 is 11.3 Å². The summed E-state index contributed by atoms with van der Waals surface area (Å²) in [5.41, 5.74) is 1.99. The van der Waals surface area contributed by atoms with E-state index >= 15 is 0 Å². The Morgan fingerprint density at radius 2 is 1.93 bits per heavy atom. The minimum Gasteiger partial charge on any atom is -0.354 e. The lowest BCUT2D eigenvalue weighted by atomic mass is 9.97. The molecule has 0 N–H and O–H groups in total. The predicted molar refractivity (Wildman–Crippen MR) is 115 cm³/mol. The van der Waals surface area contributed by atoms with Crippen LogP contribution in [0, 0.1) is 6.92 Å². The van der Waals surface area contributed by atoms with Gasteiger partial charge in [-0.3, -0.25) is 9.48 Å². The number of fused-ring (bicyclic) bond motifs is 3. The lowest BCUT2D eigenvalue weighted by Crippen LogP contribution is -2.35. The summed E-state index contributed by atoms with van der Waals surface area (Å²) in [6.07, 6.45) is 7.56. The Morgan fingerprint density at radius 1 is 1.07 bits per heavy atom. The van der Waals surface area contributed by atoms with E-state index in [-0.39, 0.29) is 5.91 Å². The second kappa shape index (κ2) is 7.40. The molecule has 2 aliphatic rings. The van der Waals surface area contributed by atoms with Crippen molar-refractivity contribution in [3.63, 3.8) is 0 Å². The molecule has 0 aromatic carbocycles. The lowest BCUT2D eigenvalue weighted by molar-refractivity contribution is 0.0760. The van der Waals surface area contributed by atoms with Crippen LogP contribution in [-0.4, -0.2) is 56.7 Å². The minimum atomic E-state index is 0.0179. The van der Waals surface area contributed by atoms with Gasteiger partial charge in [0.15, 0.2) is 0 Å². The van der Waals surface area contributed by atoms with Crippen molar-refractivity contribution in [3.05, 3.63) is 34.2 Å². The first-order valence-electron chi connectivity index (χ1n) is 10.4. The van der Waals surface area contributed by atoms with Crippen molar-refractivity contribution in [3.8, 4) is 0 Å². The van der Waals surface area contributed by atoms with Crippen LogP contribution in [-0.2, 0) is 19.9 Å². The molecular formula is C21H26N6OS. The molecule has 3 aromatic rings. The molecule has 8 heteroatoms. The summed E-state index contributed by atoms with van der Waals surface area (Å²) in [6.45, 7) is 5.11. The van der Waals surface area contributed by atoms with Crippen molar-refractivity contribution < 1.29 is 4.79 Å². The number of hydrogen-bond donors (Lipinski definition) is 0. The summed E-state index contributed by atoms with van der Waals surface area (Å²) in [7, 11) is 1.84. The van der Waals surface area contributed by atoms with Crippen LogP contribution in [0.25, 0.3) is 10.2 Å².